The molecular weight excluding hydrogens is 246 g/mol. The Morgan fingerprint density at radius 2 is 1.39 bits per heavy atom. The highest BCUT2D eigenvalue weighted by Gasteiger charge is 2.10. The summed E-state index contributed by atoms with van der Waals surface area (Å²) in [5.74, 6) is 0. The van der Waals surface area contributed by atoms with E-state index in [4.69, 9.17) is 5.73 Å². The fourth-order valence-corrected chi connectivity index (χ4v) is 2.41. The van der Waals surface area contributed by atoms with Crippen LogP contribution in [0.5, 0.6) is 0 Å². The third-order valence-corrected chi connectivity index (χ3v) is 3.95. The molecule has 0 heterocycles. The summed E-state index contributed by atoms with van der Waals surface area (Å²) in [6.07, 6.45) is 1.19. The highest BCUT2D eigenvalue weighted by atomic mass is 32.2. The van der Waals surface area contributed by atoms with E-state index in [9.17, 15) is 8.42 Å². The zero-order valence-electron chi connectivity index (χ0n) is 10.1. The van der Waals surface area contributed by atoms with Gasteiger partial charge in [0.05, 0.1) is 10.9 Å². The minimum absolute atomic E-state index is 0.236. The van der Waals surface area contributed by atoms with Crippen LogP contribution in [0, 0.1) is 0 Å². The Morgan fingerprint density at radius 1 is 0.889 bits per heavy atom. The maximum Gasteiger partial charge on any atom is 0.175 e. The lowest BCUT2D eigenvalue weighted by molar-refractivity contribution is 0.602. The molecule has 0 radical (unpaired) electrons. The molecule has 0 aliphatic carbocycles. The van der Waals surface area contributed by atoms with Crippen molar-refractivity contribution in [3.8, 4) is 0 Å². The van der Waals surface area contributed by atoms with Crippen LogP contribution in [0.3, 0.4) is 0 Å². The van der Waals surface area contributed by atoms with Gasteiger partial charge >= 0.3 is 0 Å². The number of nitrogens with two attached hydrogens (primary N) is 1. The van der Waals surface area contributed by atoms with Gasteiger partial charge in [0.1, 0.15) is 0 Å². The van der Waals surface area contributed by atoms with Gasteiger partial charge in [-0.05, 0) is 23.3 Å². The van der Waals surface area contributed by atoms with E-state index < -0.39 is 9.84 Å². The lowest BCUT2D eigenvalue weighted by Crippen LogP contribution is -2.11. The quantitative estimate of drug-likeness (QED) is 0.920. The average Bonchev–Trinajstić information content (AvgIpc) is 2.38. The van der Waals surface area contributed by atoms with Gasteiger partial charge in [0.15, 0.2) is 9.84 Å². The van der Waals surface area contributed by atoms with Crippen LogP contribution in [0.1, 0.15) is 17.2 Å². The van der Waals surface area contributed by atoms with Gasteiger partial charge in [-0.25, -0.2) is 8.42 Å². The summed E-state index contributed by atoms with van der Waals surface area (Å²) in [6.45, 7) is 0. The van der Waals surface area contributed by atoms with Crippen molar-refractivity contribution >= 4 is 9.84 Å². The highest BCUT2D eigenvalue weighted by Crippen LogP contribution is 2.20. The second-order valence-corrected chi connectivity index (χ2v) is 6.25. The Bertz CT molecular complexity index is 619. The molecule has 4 heteroatoms. The van der Waals surface area contributed by atoms with Crippen molar-refractivity contribution in [1.29, 1.82) is 0 Å². The second-order valence-electron chi connectivity index (χ2n) is 4.23. The first-order valence-electron chi connectivity index (χ1n) is 5.59. The van der Waals surface area contributed by atoms with Crippen molar-refractivity contribution in [2.45, 2.75) is 10.9 Å². The molecule has 0 bridgehead atoms. The van der Waals surface area contributed by atoms with Crippen LogP contribution < -0.4 is 5.73 Å². The van der Waals surface area contributed by atoms with Crippen molar-refractivity contribution in [1.82, 2.24) is 0 Å². The second kappa shape index (κ2) is 4.92. The van der Waals surface area contributed by atoms with E-state index in [1.807, 2.05) is 30.3 Å². The molecule has 3 nitrogen and oxygen atoms in total. The SMILES string of the molecule is CS(=O)(=O)c1ccc([C@@H](N)c2ccccc2)cc1. The van der Waals surface area contributed by atoms with E-state index in [-0.39, 0.29) is 6.04 Å². The molecule has 0 fully saturated rings. The lowest BCUT2D eigenvalue weighted by Gasteiger charge is -2.12. The lowest BCUT2D eigenvalue weighted by atomic mass is 10.00. The fourth-order valence-electron chi connectivity index (χ4n) is 1.78. The zero-order valence-corrected chi connectivity index (χ0v) is 10.9. The maximum atomic E-state index is 11.4. The molecule has 0 amide bonds. The molecule has 0 saturated heterocycles. The first-order valence-corrected chi connectivity index (χ1v) is 7.48. The van der Waals surface area contributed by atoms with Crippen molar-refractivity contribution in [3.05, 3.63) is 65.7 Å². The average molecular weight is 261 g/mol. The Kier molecular flexibility index (Phi) is 3.50. The number of rotatable bonds is 3. The zero-order chi connectivity index (χ0) is 13.2. The summed E-state index contributed by atoms with van der Waals surface area (Å²) in [4.78, 5) is 0.312. The van der Waals surface area contributed by atoms with E-state index in [0.717, 1.165) is 11.1 Å². The molecule has 2 aromatic carbocycles. The largest absolute Gasteiger partial charge is 0.320 e. The van der Waals surface area contributed by atoms with Gasteiger partial charge in [0.25, 0.3) is 0 Å². The summed E-state index contributed by atoms with van der Waals surface area (Å²) >= 11 is 0. The molecule has 2 rings (SSSR count). The maximum absolute atomic E-state index is 11.4. The van der Waals surface area contributed by atoms with Crippen LogP contribution in [-0.2, 0) is 9.84 Å². The first-order chi connectivity index (χ1) is 8.48. The van der Waals surface area contributed by atoms with Gasteiger partial charge in [0.2, 0.25) is 0 Å². The molecular formula is C14H15NO2S. The molecule has 0 saturated carbocycles. The smallest absolute Gasteiger partial charge is 0.175 e. The van der Waals surface area contributed by atoms with Crippen molar-refractivity contribution in [3.63, 3.8) is 0 Å². The molecule has 18 heavy (non-hydrogen) atoms. The van der Waals surface area contributed by atoms with Crippen LogP contribution in [0.4, 0.5) is 0 Å². The summed E-state index contributed by atoms with van der Waals surface area (Å²) in [5, 5.41) is 0. The van der Waals surface area contributed by atoms with Crippen molar-refractivity contribution in [2.75, 3.05) is 6.26 Å². The highest BCUT2D eigenvalue weighted by molar-refractivity contribution is 7.90. The fraction of sp³-hybridized carbons (Fsp3) is 0.143. The van der Waals surface area contributed by atoms with E-state index in [0.29, 0.717) is 4.90 Å². The normalized spacial score (nSPS) is 13.2. The third kappa shape index (κ3) is 2.78. The molecule has 0 aliphatic heterocycles. The molecule has 0 aromatic heterocycles. The van der Waals surface area contributed by atoms with Crippen molar-refractivity contribution in [2.24, 2.45) is 5.73 Å². The number of hydrogen-bond donors (Lipinski definition) is 1. The van der Waals surface area contributed by atoms with Crippen LogP contribution in [0.25, 0.3) is 0 Å². The van der Waals surface area contributed by atoms with Gasteiger partial charge in [0, 0.05) is 6.26 Å². The summed E-state index contributed by atoms with van der Waals surface area (Å²) in [5.41, 5.74) is 8.03. The molecule has 1 atom stereocenters. The van der Waals surface area contributed by atoms with Crippen molar-refractivity contribution < 1.29 is 8.42 Å². The molecule has 0 aliphatic rings. The Balaban J connectivity index is 2.31. The molecule has 2 aromatic rings. The summed E-state index contributed by atoms with van der Waals surface area (Å²) in [7, 11) is -3.15. The predicted octanol–water partition coefficient (Wildman–Crippen LogP) is 2.14. The van der Waals surface area contributed by atoms with E-state index >= 15 is 0 Å². The van der Waals surface area contributed by atoms with E-state index in [2.05, 4.69) is 0 Å². The minimum atomic E-state index is -3.15. The predicted molar refractivity (Wildman–Crippen MR) is 72.0 cm³/mol. The Morgan fingerprint density at radius 3 is 1.89 bits per heavy atom. The summed E-state index contributed by atoms with van der Waals surface area (Å²) in [6, 6.07) is 16.2. The van der Waals surface area contributed by atoms with Crippen LogP contribution >= 0.6 is 0 Å². The van der Waals surface area contributed by atoms with Gasteiger partial charge < -0.3 is 5.73 Å². The van der Waals surface area contributed by atoms with Crippen LogP contribution in [0.2, 0.25) is 0 Å². The van der Waals surface area contributed by atoms with Crippen LogP contribution in [0.15, 0.2) is 59.5 Å². The molecule has 2 N–H and O–H groups in total. The molecule has 0 unspecified atom stereocenters. The first kappa shape index (κ1) is 12.8. The summed E-state index contributed by atoms with van der Waals surface area (Å²) < 4.78 is 22.7. The molecule has 0 spiro atoms. The molecule has 94 valence electrons. The van der Waals surface area contributed by atoms with Gasteiger partial charge in [-0.15, -0.1) is 0 Å². The third-order valence-electron chi connectivity index (χ3n) is 2.83. The number of hydrogen-bond acceptors (Lipinski definition) is 3. The van der Waals surface area contributed by atoms with E-state index in [1.54, 1.807) is 24.3 Å². The monoisotopic (exact) mass is 261 g/mol. The van der Waals surface area contributed by atoms with Crippen LogP contribution in [-0.4, -0.2) is 14.7 Å². The standard InChI is InChI=1S/C14H15NO2S/c1-18(16,17)13-9-7-12(8-10-13)14(15)11-5-3-2-4-6-11/h2-10,14H,15H2,1H3/t14-/m0/s1. The Hall–Kier alpha value is -1.65. The van der Waals surface area contributed by atoms with Gasteiger partial charge in [-0.3, -0.25) is 0 Å². The topological polar surface area (TPSA) is 60.2 Å². The van der Waals surface area contributed by atoms with Gasteiger partial charge in [-0.2, -0.15) is 0 Å². The number of benzene rings is 2. The van der Waals surface area contributed by atoms with Gasteiger partial charge in [-0.1, -0.05) is 42.5 Å². The Labute approximate surface area is 107 Å². The van der Waals surface area contributed by atoms with E-state index in [1.165, 1.54) is 6.26 Å². The number of sulfone groups is 1. The minimum Gasteiger partial charge on any atom is -0.320 e.